The van der Waals surface area contributed by atoms with E-state index in [1.807, 2.05) is 31.3 Å². The maximum Gasteiger partial charge on any atom is 0.261 e. The Morgan fingerprint density at radius 1 is 1.00 bits per heavy atom. The Morgan fingerprint density at radius 3 is 2.54 bits per heavy atom. The molecular weight excluding hydrogens is 324 g/mol. The van der Waals surface area contributed by atoms with E-state index in [0.29, 0.717) is 18.0 Å². The highest BCUT2D eigenvalue weighted by molar-refractivity contribution is 5.77. The molecule has 3 aromatic rings. The van der Waals surface area contributed by atoms with Crippen molar-refractivity contribution in [2.24, 2.45) is 7.05 Å². The van der Waals surface area contributed by atoms with Crippen LogP contribution in [0.4, 0.5) is 0 Å². The summed E-state index contributed by atoms with van der Waals surface area (Å²) in [6.45, 7) is 3.62. The fourth-order valence-corrected chi connectivity index (χ4v) is 3.72. The topological polar surface area (TPSA) is 41.4 Å². The fraction of sp³-hybridized carbons (Fsp3) is 0.333. The second-order valence-electron chi connectivity index (χ2n) is 7.07. The minimum atomic E-state index is 0.0241. The van der Waals surface area contributed by atoms with E-state index >= 15 is 0 Å². The molecule has 2 aromatic carbocycles. The van der Waals surface area contributed by atoms with Crippen molar-refractivity contribution >= 4 is 10.9 Å². The first-order valence-corrected chi connectivity index (χ1v) is 9.05. The number of fused-ring (bicyclic) bond motifs is 1. The highest BCUT2D eigenvalue weighted by atomic mass is 16.1. The minimum Gasteiger partial charge on any atom is -0.303 e. The third-order valence-corrected chi connectivity index (χ3v) is 5.30. The van der Waals surface area contributed by atoms with Crippen molar-refractivity contribution in [3.05, 3.63) is 76.3 Å². The van der Waals surface area contributed by atoms with Gasteiger partial charge < -0.3 is 4.90 Å². The Bertz CT molecular complexity index is 967. The van der Waals surface area contributed by atoms with Gasteiger partial charge in [0.05, 0.1) is 17.4 Å². The normalized spacial score (nSPS) is 19.1. The van der Waals surface area contributed by atoms with Crippen LogP contribution < -0.4 is 5.56 Å². The van der Waals surface area contributed by atoms with Gasteiger partial charge in [0.2, 0.25) is 0 Å². The molecule has 1 aliphatic heterocycles. The molecule has 26 heavy (non-hydrogen) atoms. The number of hydrogen-bond donors (Lipinski definition) is 0. The molecule has 0 N–H and O–H groups in total. The van der Waals surface area contributed by atoms with Crippen LogP contribution in [-0.4, -0.2) is 46.0 Å². The monoisotopic (exact) mass is 348 g/mol. The molecule has 1 aliphatic rings. The summed E-state index contributed by atoms with van der Waals surface area (Å²) in [6, 6.07) is 18.5. The molecule has 0 amide bonds. The number of likely N-dealkylation sites (N-methyl/N-ethyl adjacent to an activating group) is 1. The highest BCUT2D eigenvalue weighted by Gasteiger charge is 2.27. The molecule has 5 heteroatoms. The molecule has 4 rings (SSSR count). The summed E-state index contributed by atoms with van der Waals surface area (Å²) in [7, 11) is 3.99. The van der Waals surface area contributed by atoms with Crippen molar-refractivity contribution in [2.75, 3.05) is 26.7 Å². The lowest BCUT2D eigenvalue weighted by Crippen LogP contribution is -2.47. The lowest BCUT2D eigenvalue weighted by atomic mass is 10.0. The van der Waals surface area contributed by atoms with Crippen LogP contribution in [0.5, 0.6) is 0 Å². The maximum absolute atomic E-state index is 12.7. The first-order valence-electron chi connectivity index (χ1n) is 9.05. The molecule has 1 aromatic heterocycles. The van der Waals surface area contributed by atoms with Gasteiger partial charge in [0.1, 0.15) is 5.82 Å². The van der Waals surface area contributed by atoms with Crippen LogP contribution >= 0.6 is 0 Å². The van der Waals surface area contributed by atoms with Gasteiger partial charge in [-0.2, -0.15) is 0 Å². The van der Waals surface area contributed by atoms with Gasteiger partial charge in [0.25, 0.3) is 5.56 Å². The quantitative estimate of drug-likeness (QED) is 0.729. The van der Waals surface area contributed by atoms with Gasteiger partial charge in [0.15, 0.2) is 0 Å². The molecule has 1 saturated heterocycles. The Hall–Kier alpha value is -2.50. The van der Waals surface area contributed by atoms with Crippen LogP contribution in [0.15, 0.2) is 59.4 Å². The zero-order valence-corrected chi connectivity index (χ0v) is 15.3. The molecule has 0 spiro atoms. The number of piperazine rings is 1. The van der Waals surface area contributed by atoms with E-state index in [1.54, 1.807) is 4.57 Å². The van der Waals surface area contributed by atoms with Crippen molar-refractivity contribution in [1.29, 1.82) is 0 Å². The lowest BCUT2D eigenvalue weighted by molar-refractivity contribution is 0.0800. The van der Waals surface area contributed by atoms with Crippen LogP contribution in [0.3, 0.4) is 0 Å². The van der Waals surface area contributed by atoms with E-state index in [0.717, 1.165) is 31.0 Å². The van der Waals surface area contributed by atoms with E-state index in [-0.39, 0.29) is 5.56 Å². The number of para-hydroxylation sites is 1. The van der Waals surface area contributed by atoms with Gasteiger partial charge in [0, 0.05) is 32.7 Å². The molecule has 0 aliphatic carbocycles. The summed E-state index contributed by atoms with van der Waals surface area (Å²) in [6.07, 6.45) is 0. The number of hydrogen-bond acceptors (Lipinski definition) is 4. The third kappa shape index (κ3) is 3.16. The molecule has 1 atom stereocenters. The van der Waals surface area contributed by atoms with Crippen molar-refractivity contribution < 1.29 is 0 Å². The molecule has 1 unspecified atom stereocenters. The first-order chi connectivity index (χ1) is 12.6. The number of nitrogens with zero attached hydrogens (tertiary/aromatic N) is 4. The molecule has 0 radical (unpaired) electrons. The molecule has 0 saturated carbocycles. The molecule has 134 valence electrons. The standard InChI is InChI=1S/C21H24N4O/c1-23-12-13-25(19(14-23)16-8-4-3-5-9-16)15-20-22-18-11-7-6-10-17(18)21(26)24(20)2/h3-11,19H,12-15H2,1-2H3. The van der Waals surface area contributed by atoms with E-state index in [1.165, 1.54) is 5.56 Å². The predicted molar refractivity (Wildman–Crippen MR) is 104 cm³/mol. The van der Waals surface area contributed by atoms with Crippen LogP contribution in [-0.2, 0) is 13.6 Å². The average Bonchev–Trinajstić information content (AvgIpc) is 2.68. The zero-order valence-electron chi connectivity index (χ0n) is 15.3. The highest BCUT2D eigenvalue weighted by Crippen LogP contribution is 2.26. The number of rotatable bonds is 3. The SMILES string of the molecule is CN1CCN(Cc2nc3ccccc3c(=O)n2C)C(c2ccccc2)C1. The largest absolute Gasteiger partial charge is 0.303 e. The second kappa shape index (κ2) is 7.02. The van der Waals surface area contributed by atoms with Gasteiger partial charge in [-0.3, -0.25) is 14.3 Å². The summed E-state index contributed by atoms with van der Waals surface area (Å²) in [5.41, 5.74) is 2.11. The lowest BCUT2D eigenvalue weighted by Gasteiger charge is -2.40. The van der Waals surface area contributed by atoms with Crippen LogP contribution in [0.2, 0.25) is 0 Å². The fourth-order valence-electron chi connectivity index (χ4n) is 3.72. The van der Waals surface area contributed by atoms with E-state index in [4.69, 9.17) is 4.98 Å². The molecule has 0 bridgehead atoms. The Labute approximate surface area is 153 Å². The first kappa shape index (κ1) is 16.9. The Morgan fingerprint density at radius 2 is 1.73 bits per heavy atom. The Balaban J connectivity index is 1.70. The van der Waals surface area contributed by atoms with Gasteiger partial charge >= 0.3 is 0 Å². The smallest absolute Gasteiger partial charge is 0.261 e. The van der Waals surface area contributed by atoms with Gasteiger partial charge in [-0.25, -0.2) is 4.98 Å². The van der Waals surface area contributed by atoms with Gasteiger partial charge in [-0.15, -0.1) is 0 Å². The zero-order chi connectivity index (χ0) is 18.1. The van der Waals surface area contributed by atoms with Crippen molar-refractivity contribution in [1.82, 2.24) is 19.4 Å². The van der Waals surface area contributed by atoms with Crippen LogP contribution in [0.25, 0.3) is 10.9 Å². The van der Waals surface area contributed by atoms with Gasteiger partial charge in [-0.1, -0.05) is 42.5 Å². The molecule has 5 nitrogen and oxygen atoms in total. The summed E-state index contributed by atoms with van der Waals surface area (Å²) >= 11 is 0. The second-order valence-corrected chi connectivity index (χ2v) is 7.07. The number of aromatic nitrogens is 2. The average molecular weight is 348 g/mol. The summed E-state index contributed by atoms with van der Waals surface area (Å²) in [5, 5.41) is 0.678. The van der Waals surface area contributed by atoms with Crippen LogP contribution in [0, 0.1) is 0 Å². The third-order valence-electron chi connectivity index (χ3n) is 5.30. The predicted octanol–water partition coefficient (Wildman–Crippen LogP) is 2.42. The van der Waals surface area contributed by atoms with Crippen molar-refractivity contribution in [3.8, 4) is 0 Å². The van der Waals surface area contributed by atoms with Crippen molar-refractivity contribution in [3.63, 3.8) is 0 Å². The van der Waals surface area contributed by atoms with E-state index in [2.05, 4.69) is 47.2 Å². The van der Waals surface area contributed by atoms with Gasteiger partial charge in [-0.05, 0) is 24.7 Å². The van der Waals surface area contributed by atoms with E-state index < -0.39 is 0 Å². The maximum atomic E-state index is 12.7. The summed E-state index contributed by atoms with van der Waals surface area (Å²) < 4.78 is 1.70. The van der Waals surface area contributed by atoms with Crippen molar-refractivity contribution in [2.45, 2.75) is 12.6 Å². The summed E-state index contributed by atoms with van der Waals surface area (Å²) in [4.78, 5) is 22.3. The Kier molecular flexibility index (Phi) is 4.57. The van der Waals surface area contributed by atoms with E-state index in [9.17, 15) is 4.79 Å². The molecule has 1 fully saturated rings. The number of benzene rings is 2. The minimum absolute atomic E-state index is 0.0241. The molecule has 2 heterocycles. The summed E-state index contributed by atoms with van der Waals surface area (Å²) in [5.74, 6) is 0.819. The van der Waals surface area contributed by atoms with Crippen LogP contribution in [0.1, 0.15) is 17.4 Å². The molecular formula is C21H24N4O.